The Morgan fingerprint density at radius 1 is 1.35 bits per heavy atom. The van der Waals surface area contributed by atoms with Crippen LogP contribution in [0.5, 0.6) is 0 Å². The Kier molecular flexibility index (Phi) is 3.74. The molecule has 0 saturated carbocycles. The number of hydrogen-bond acceptors (Lipinski definition) is 5. The Bertz CT molecular complexity index is 858. The van der Waals surface area contributed by atoms with Crippen LogP contribution in [0.15, 0.2) is 28.6 Å². The van der Waals surface area contributed by atoms with Crippen LogP contribution in [0.4, 0.5) is 0 Å². The van der Waals surface area contributed by atoms with E-state index in [0.29, 0.717) is 5.92 Å². The quantitative estimate of drug-likeness (QED) is 0.800. The molecular formula is C16H19N5OS. The predicted molar refractivity (Wildman–Crippen MR) is 89.9 cm³/mol. The van der Waals surface area contributed by atoms with Crippen LogP contribution >= 0.6 is 11.3 Å². The number of aromatic amines is 1. The van der Waals surface area contributed by atoms with Crippen LogP contribution in [0.2, 0.25) is 0 Å². The predicted octanol–water partition coefficient (Wildman–Crippen LogP) is 2.17. The van der Waals surface area contributed by atoms with Gasteiger partial charge in [-0.1, -0.05) is 0 Å². The number of hydrogen-bond donors (Lipinski definition) is 1. The van der Waals surface area contributed by atoms with Crippen molar-refractivity contribution >= 4 is 17.0 Å². The summed E-state index contributed by atoms with van der Waals surface area (Å²) >= 11 is 1.71. The lowest BCUT2D eigenvalue weighted by Gasteiger charge is -2.31. The van der Waals surface area contributed by atoms with E-state index >= 15 is 0 Å². The number of piperidine rings is 1. The fourth-order valence-electron chi connectivity index (χ4n) is 3.27. The fourth-order valence-corrected chi connectivity index (χ4v) is 3.90. The number of likely N-dealkylation sites (tertiary alicyclic amines) is 1. The van der Waals surface area contributed by atoms with E-state index in [4.69, 9.17) is 0 Å². The second kappa shape index (κ2) is 5.90. The van der Waals surface area contributed by atoms with E-state index in [1.807, 2.05) is 24.7 Å². The molecule has 3 aromatic heterocycles. The Hall–Kier alpha value is -1.99. The Morgan fingerprint density at radius 2 is 2.17 bits per heavy atom. The van der Waals surface area contributed by atoms with Crippen LogP contribution in [-0.2, 0) is 6.54 Å². The lowest BCUT2D eigenvalue weighted by Crippen LogP contribution is -2.33. The van der Waals surface area contributed by atoms with E-state index in [9.17, 15) is 4.79 Å². The van der Waals surface area contributed by atoms with E-state index in [-0.39, 0.29) is 5.56 Å². The van der Waals surface area contributed by atoms with Crippen LogP contribution in [0, 0.1) is 6.92 Å². The second-order valence-corrected chi connectivity index (χ2v) is 7.14. The average Bonchev–Trinajstić information content (AvgIpc) is 3.17. The van der Waals surface area contributed by atoms with Crippen LogP contribution in [0.1, 0.15) is 35.0 Å². The first-order chi connectivity index (χ1) is 11.2. The van der Waals surface area contributed by atoms with E-state index in [0.717, 1.165) is 49.5 Å². The summed E-state index contributed by atoms with van der Waals surface area (Å²) in [4.78, 5) is 24.8. The van der Waals surface area contributed by atoms with Crippen LogP contribution in [0.3, 0.4) is 0 Å². The van der Waals surface area contributed by atoms with Crippen molar-refractivity contribution in [1.82, 2.24) is 24.5 Å². The maximum Gasteiger partial charge on any atom is 0.272 e. The first-order valence-electron chi connectivity index (χ1n) is 7.88. The Balaban J connectivity index is 1.48. The molecule has 0 aliphatic carbocycles. The van der Waals surface area contributed by atoms with Gasteiger partial charge in [0.2, 0.25) is 0 Å². The average molecular weight is 329 g/mol. The van der Waals surface area contributed by atoms with E-state index in [1.165, 1.54) is 9.39 Å². The second-order valence-electron chi connectivity index (χ2n) is 6.17. The molecule has 6 nitrogen and oxygen atoms in total. The van der Waals surface area contributed by atoms with Crippen molar-refractivity contribution in [3.8, 4) is 0 Å². The molecule has 1 fully saturated rings. The van der Waals surface area contributed by atoms with Crippen molar-refractivity contribution < 1.29 is 0 Å². The molecule has 4 rings (SSSR count). The minimum atomic E-state index is -0.0230. The molecule has 23 heavy (non-hydrogen) atoms. The van der Waals surface area contributed by atoms with Crippen LogP contribution in [-0.4, -0.2) is 37.6 Å². The first kappa shape index (κ1) is 14.6. The summed E-state index contributed by atoms with van der Waals surface area (Å²) in [7, 11) is 0. The topological polar surface area (TPSA) is 66.3 Å². The highest BCUT2D eigenvalue weighted by Crippen LogP contribution is 2.27. The zero-order chi connectivity index (χ0) is 15.8. The Labute approximate surface area is 137 Å². The third kappa shape index (κ3) is 2.94. The number of thiazole rings is 1. The summed E-state index contributed by atoms with van der Waals surface area (Å²) in [5.41, 5.74) is 4.47. The number of aromatic nitrogens is 4. The summed E-state index contributed by atoms with van der Waals surface area (Å²) in [6.45, 7) is 4.99. The van der Waals surface area contributed by atoms with Gasteiger partial charge in [-0.2, -0.15) is 0 Å². The van der Waals surface area contributed by atoms with Gasteiger partial charge in [-0.25, -0.2) is 9.50 Å². The van der Waals surface area contributed by atoms with Crippen molar-refractivity contribution in [3.63, 3.8) is 0 Å². The summed E-state index contributed by atoms with van der Waals surface area (Å²) in [5.74, 6) is 0.376. The van der Waals surface area contributed by atoms with Crippen molar-refractivity contribution in [1.29, 1.82) is 0 Å². The lowest BCUT2D eigenvalue weighted by atomic mass is 9.93. The highest BCUT2D eigenvalue weighted by molar-refractivity contribution is 7.09. The lowest BCUT2D eigenvalue weighted by molar-refractivity contribution is 0.205. The van der Waals surface area contributed by atoms with E-state index < -0.39 is 0 Å². The summed E-state index contributed by atoms with van der Waals surface area (Å²) in [5, 5.41) is 3.02. The molecule has 0 radical (unpaired) electrons. The van der Waals surface area contributed by atoms with Crippen molar-refractivity contribution in [2.75, 3.05) is 13.1 Å². The highest BCUT2D eigenvalue weighted by atomic mass is 32.1. The standard InChI is InChI=1S/C16H19N5OS/c1-11-6-15-18-14(7-16(22)21(15)19-11)12-2-4-20(5-3-12)9-13-8-17-10-23-13/h6-8,10,12,19H,2-5,9H2,1H3. The van der Waals surface area contributed by atoms with Gasteiger partial charge in [-0.05, 0) is 32.9 Å². The van der Waals surface area contributed by atoms with Gasteiger partial charge in [0, 0.05) is 41.4 Å². The highest BCUT2D eigenvalue weighted by Gasteiger charge is 2.23. The smallest absolute Gasteiger partial charge is 0.272 e. The molecule has 1 aliphatic rings. The maximum absolute atomic E-state index is 12.2. The molecule has 3 aromatic rings. The molecule has 1 N–H and O–H groups in total. The number of rotatable bonds is 3. The van der Waals surface area contributed by atoms with Crippen molar-refractivity contribution in [3.05, 3.63) is 50.5 Å². The molecule has 120 valence electrons. The number of nitrogens with zero attached hydrogens (tertiary/aromatic N) is 4. The molecule has 7 heteroatoms. The number of H-pyrrole nitrogens is 1. The molecule has 4 heterocycles. The van der Waals surface area contributed by atoms with Gasteiger partial charge in [-0.3, -0.25) is 19.8 Å². The molecule has 0 unspecified atom stereocenters. The summed E-state index contributed by atoms with van der Waals surface area (Å²) in [6, 6.07) is 3.61. The van der Waals surface area contributed by atoms with Gasteiger partial charge in [0.05, 0.1) is 11.2 Å². The molecule has 0 bridgehead atoms. The molecule has 1 saturated heterocycles. The molecule has 0 spiro atoms. The number of aryl methyl sites for hydroxylation is 1. The molecule has 0 aromatic carbocycles. The maximum atomic E-state index is 12.2. The molecular weight excluding hydrogens is 310 g/mol. The van der Waals surface area contributed by atoms with Crippen molar-refractivity contribution in [2.45, 2.75) is 32.2 Å². The van der Waals surface area contributed by atoms with Gasteiger partial charge in [0.25, 0.3) is 5.56 Å². The van der Waals surface area contributed by atoms with Gasteiger partial charge < -0.3 is 0 Å². The molecule has 0 amide bonds. The van der Waals surface area contributed by atoms with Gasteiger partial charge in [0.1, 0.15) is 0 Å². The van der Waals surface area contributed by atoms with E-state index in [2.05, 4.69) is 20.0 Å². The third-order valence-corrected chi connectivity index (χ3v) is 5.23. The zero-order valence-electron chi connectivity index (χ0n) is 13.0. The van der Waals surface area contributed by atoms with Crippen molar-refractivity contribution in [2.24, 2.45) is 0 Å². The van der Waals surface area contributed by atoms with E-state index in [1.54, 1.807) is 17.4 Å². The van der Waals surface area contributed by atoms with Crippen LogP contribution in [0.25, 0.3) is 5.65 Å². The monoisotopic (exact) mass is 329 g/mol. The third-order valence-electron chi connectivity index (χ3n) is 4.47. The zero-order valence-corrected chi connectivity index (χ0v) is 13.8. The van der Waals surface area contributed by atoms with Gasteiger partial charge in [0.15, 0.2) is 5.65 Å². The minimum absolute atomic E-state index is 0.0230. The summed E-state index contributed by atoms with van der Waals surface area (Å²) in [6.07, 6.45) is 4.04. The number of fused-ring (bicyclic) bond motifs is 1. The van der Waals surface area contributed by atoms with Gasteiger partial charge in [-0.15, -0.1) is 11.3 Å². The summed E-state index contributed by atoms with van der Waals surface area (Å²) < 4.78 is 1.51. The minimum Gasteiger partial charge on any atom is -0.298 e. The molecule has 0 atom stereocenters. The first-order valence-corrected chi connectivity index (χ1v) is 8.76. The van der Waals surface area contributed by atoms with Crippen LogP contribution < -0.4 is 5.56 Å². The Morgan fingerprint density at radius 3 is 2.91 bits per heavy atom. The largest absolute Gasteiger partial charge is 0.298 e. The SMILES string of the molecule is Cc1cc2nc(C3CCN(Cc4cncs4)CC3)cc(=O)n2[nH]1. The molecule has 1 aliphatic heterocycles. The fraction of sp³-hybridized carbons (Fsp3) is 0.438. The van der Waals surface area contributed by atoms with Gasteiger partial charge >= 0.3 is 0 Å². The number of nitrogens with one attached hydrogen (secondary N) is 1. The normalized spacial score (nSPS) is 17.1.